The minimum Gasteiger partial charge on any atom is -0.463 e. The second-order valence-electron chi connectivity index (χ2n) is 6.82. The number of rotatable bonds is 4. The quantitative estimate of drug-likeness (QED) is 0.804. The van der Waals surface area contributed by atoms with Crippen molar-refractivity contribution in [3.63, 3.8) is 0 Å². The maximum absolute atomic E-state index is 11.9. The van der Waals surface area contributed by atoms with Gasteiger partial charge in [0.1, 0.15) is 22.9 Å². The number of aromatic nitrogens is 1. The van der Waals surface area contributed by atoms with Crippen molar-refractivity contribution in [3.05, 3.63) is 35.5 Å². The summed E-state index contributed by atoms with van der Waals surface area (Å²) in [5, 5.41) is 19.3. The summed E-state index contributed by atoms with van der Waals surface area (Å²) in [5.41, 5.74) is -1.49. The molecule has 1 atom stereocenters. The Balaban J connectivity index is 1.91. The molecule has 0 aromatic carbocycles. The van der Waals surface area contributed by atoms with Crippen molar-refractivity contribution in [2.75, 3.05) is 11.9 Å². The Labute approximate surface area is 135 Å². The van der Waals surface area contributed by atoms with Crippen molar-refractivity contribution in [2.45, 2.75) is 45.6 Å². The van der Waals surface area contributed by atoms with E-state index < -0.39 is 11.6 Å². The zero-order chi connectivity index (χ0) is 17.3. The van der Waals surface area contributed by atoms with Crippen LogP contribution in [0.4, 0.5) is 10.6 Å². The van der Waals surface area contributed by atoms with Gasteiger partial charge in [-0.3, -0.25) is 5.32 Å². The second-order valence-corrected chi connectivity index (χ2v) is 6.82. The van der Waals surface area contributed by atoms with Crippen molar-refractivity contribution >= 4 is 11.8 Å². The molecule has 0 bridgehead atoms. The summed E-state index contributed by atoms with van der Waals surface area (Å²) in [5.74, 6) is 2.08. The van der Waals surface area contributed by atoms with Gasteiger partial charge in [-0.2, -0.15) is 0 Å². The standard InChI is InChI=1S/C16H23N3O4/c1-10-6-7-11(22-10)16(5,21)9-17-14(20)18-13-8-12(23-19-13)15(2,3)4/h6-8,21H,9H2,1-5H3,(H2,17,18,19,20). The van der Waals surface area contributed by atoms with Crippen LogP contribution in [0.25, 0.3) is 0 Å². The maximum Gasteiger partial charge on any atom is 0.320 e. The van der Waals surface area contributed by atoms with Crippen molar-refractivity contribution in [3.8, 4) is 0 Å². The molecule has 1 unspecified atom stereocenters. The molecule has 0 radical (unpaired) electrons. The maximum atomic E-state index is 11.9. The van der Waals surface area contributed by atoms with Gasteiger partial charge in [0.2, 0.25) is 0 Å². The number of hydrogen-bond donors (Lipinski definition) is 3. The summed E-state index contributed by atoms with van der Waals surface area (Å²) in [7, 11) is 0. The molecule has 2 amide bonds. The van der Waals surface area contributed by atoms with E-state index in [9.17, 15) is 9.90 Å². The molecule has 126 valence electrons. The molecular weight excluding hydrogens is 298 g/mol. The van der Waals surface area contributed by atoms with E-state index in [1.165, 1.54) is 0 Å². The summed E-state index contributed by atoms with van der Waals surface area (Å²) in [4.78, 5) is 11.9. The molecule has 0 saturated carbocycles. The monoisotopic (exact) mass is 321 g/mol. The summed E-state index contributed by atoms with van der Waals surface area (Å²) < 4.78 is 10.6. The molecule has 7 heteroatoms. The SMILES string of the molecule is Cc1ccc(C(C)(O)CNC(=O)Nc2cc(C(C)(C)C)on2)o1. The lowest BCUT2D eigenvalue weighted by Gasteiger charge is -2.21. The molecule has 0 spiro atoms. The molecule has 0 aliphatic carbocycles. The highest BCUT2D eigenvalue weighted by atomic mass is 16.5. The highest BCUT2D eigenvalue weighted by Crippen LogP contribution is 2.24. The van der Waals surface area contributed by atoms with Crippen molar-refractivity contribution in [1.82, 2.24) is 10.5 Å². The summed E-state index contributed by atoms with van der Waals surface area (Å²) in [6, 6.07) is 4.63. The van der Waals surface area contributed by atoms with Crippen LogP contribution in [0.2, 0.25) is 0 Å². The Kier molecular flexibility index (Phi) is 4.51. The third-order valence-corrected chi connectivity index (χ3v) is 3.36. The van der Waals surface area contributed by atoms with Crippen LogP contribution in [0.15, 0.2) is 27.1 Å². The number of nitrogens with one attached hydrogen (secondary N) is 2. The largest absolute Gasteiger partial charge is 0.463 e. The van der Waals surface area contributed by atoms with E-state index in [-0.39, 0.29) is 12.0 Å². The third-order valence-electron chi connectivity index (χ3n) is 3.36. The van der Waals surface area contributed by atoms with Crippen LogP contribution >= 0.6 is 0 Å². The lowest BCUT2D eigenvalue weighted by molar-refractivity contribution is 0.0364. The highest BCUT2D eigenvalue weighted by molar-refractivity contribution is 5.88. The van der Waals surface area contributed by atoms with E-state index in [1.54, 1.807) is 32.0 Å². The molecule has 2 aromatic heterocycles. The fraction of sp³-hybridized carbons (Fsp3) is 0.500. The number of aliphatic hydroxyl groups is 1. The first-order valence-corrected chi connectivity index (χ1v) is 7.39. The van der Waals surface area contributed by atoms with E-state index in [2.05, 4.69) is 15.8 Å². The molecule has 2 rings (SSSR count). The molecule has 0 aliphatic rings. The minimum atomic E-state index is -1.30. The molecule has 0 saturated heterocycles. The van der Waals surface area contributed by atoms with Crippen LogP contribution in [-0.4, -0.2) is 22.8 Å². The Bertz CT molecular complexity index is 680. The van der Waals surface area contributed by atoms with Crippen molar-refractivity contribution in [2.24, 2.45) is 0 Å². The first kappa shape index (κ1) is 17.1. The van der Waals surface area contributed by atoms with Gasteiger partial charge >= 0.3 is 6.03 Å². The third kappa shape index (κ3) is 4.35. The summed E-state index contributed by atoms with van der Waals surface area (Å²) in [6.07, 6.45) is 0. The number of nitrogens with zero attached hydrogens (tertiary/aromatic N) is 1. The van der Waals surface area contributed by atoms with Gasteiger partial charge in [0.05, 0.1) is 6.54 Å². The average molecular weight is 321 g/mol. The molecule has 7 nitrogen and oxygen atoms in total. The normalized spacial score (nSPS) is 14.3. The molecule has 23 heavy (non-hydrogen) atoms. The van der Waals surface area contributed by atoms with Gasteiger partial charge in [0.15, 0.2) is 5.82 Å². The van der Waals surface area contributed by atoms with Gasteiger partial charge in [-0.25, -0.2) is 4.79 Å². The Hall–Kier alpha value is -2.28. The van der Waals surface area contributed by atoms with Gasteiger partial charge in [-0.05, 0) is 26.0 Å². The predicted molar refractivity (Wildman–Crippen MR) is 85.2 cm³/mol. The number of carbonyl (C=O) groups excluding carboxylic acids is 1. The lowest BCUT2D eigenvalue weighted by atomic mass is 9.93. The molecule has 2 aromatic rings. The molecule has 0 aliphatic heterocycles. The van der Waals surface area contributed by atoms with Gasteiger partial charge in [0, 0.05) is 11.5 Å². The van der Waals surface area contributed by atoms with Gasteiger partial charge in [-0.1, -0.05) is 25.9 Å². The highest BCUT2D eigenvalue weighted by Gasteiger charge is 2.27. The Morgan fingerprint density at radius 1 is 1.26 bits per heavy atom. The first-order chi connectivity index (χ1) is 10.6. The van der Waals surface area contributed by atoms with Gasteiger partial charge < -0.3 is 19.4 Å². The van der Waals surface area contributed by atoms with Crippen LogP contribution in [0.5, 0.6) is 0 Å². The van der Waals surface area contributed by atoms with E-state index >= 15 is 0 Å². The van der Waals surface area contributed by atoms with Crippen molar-refractivity contribution < 1.29 is 18.8 Å². The van der Waals surface area contributed by atoms with Crippen LogP contribution in [-0.2, 0) is 11.0 Å². The topological polar surface area (TPSA) is 101 Å². The zero-order valence-electron chi connectivity index (χ0n) is 14.1. The van der Waals surface area contributed by atoms with E-state index in [1.807, 2.05) is 20.8 Å². The van der Waals surface area contributed by atoms with Crippen LogP contribution in [0.3, 0.4) is 0 Å². The number of aryl methyl sites for hydroxylation is 1. The van der Waals surface area contributed by atoms with Gasteiger partial charge in [0.25, 0.3) is 0 Å². The summed E-state index contributed by atoms with van der Waals surface area (Å²) >= 11 is 0. The molecule has 0 fully saturated rings. The first-order valence-electron chi connectivity index (χ1n) is 7.39. The average Bonchev–Trinajstić information content (AvgIpc) is 3.05. The summed E-state index contributed by atoms with van der Waals surface area (Å²) in [6.45, 7) is 9.31. The zero-order valence-corrected chi connectivity index (χ0v) is 14.1. The van der Waals surface area contributed by atoms with Crippen LogP contribution in [0.1, 0.15) is 45.0 Å². The minimum absolute atomic E-state index is 0.00420. The lowest BCUT2D eigenvalue weighted by Crippen LogP contribution is -2.40. The number of amides is 2. The second kappa shape index (κ2) is 6.08. The number of carbonyl (C=O) groups is 1. The Morgan fingerprint density at radius 3 is 2.48 bits per heavy atom. The number of urea groups is 1. The fourth-order valence-corrected chi connectivity index (χ4v) is 1.91. The molecule has 2 heterocycles. The van der Waals surface area contributed by atoms with E-state index in [0.717, 1.165) is 0 Å². The van der Waals surface area contributed by atoms with Crippen LogP contribution < -0.4 is 10.6 Å². The number of furan rings is 1. The van der Waals surface area contributed by atoms with E-state index in [4.69, 9.17) is 8.94 Å². The van der Waals surface area contributed by atoms with Crippen molar-refractivity contribution in [1.29, 1.82) is 0 Å². The number of anilines is 1. The van der Waals surface area contributed by atoms with E-state index in [0.29, 0.717) is 23.1 Å². The van der Waals surface area contributed by atoms with Crippen LogP contribution in [0, 0.1) is 6.92 Å². The Morgan fingerprint density at radius 2 is 1.96 bits per heavy atom. The van der Waals surface area contributed by atoms with Gasteiger partial charge in [-0.15, -0.1) is 0 Å². The fourth-order valence-electron chi connectivity index (χ4n) is 1.91. The molecular formula is C16H23N3O4. The predicted octanol–water partition coefficient (Wildman–Crippen LogP) is 2.90. The number of hydrogen-bond acceptors (Lipinski definition) is 5. The smallest absolute Gasteiger partial charge is 0.320 e. The molecule has 3 N–H and O–H groups in total.